The van der Waals surface area contributed by atoms with Gasteiger partial charge >= 0.3 is 0 Å². The molecule has 4 atom stereocenters. The molecule has 2 heterocycles. The van der Waals surface area contributed by atoms with E-state index in [1.807, 2.05) is 18.2 Å². The van der Waals surface area contributed by atoms with Crippen molar-refractivity contribution < 1.29 is 18.9 Å². The van der Waals surface area contributed by atoms with E-state index in [0.29, 0.717) is 11.8 Å². The van der Waals surface area contributed by atoms with Gasteiger partial charge in [-0.1, -0.05) is 18.2 Å². The minimum atomic E-state index is 0.0952. The molecule has 4 unspecified atom stereocenters. The summed E-state index contributed by atoms with van der Waals surface area (Å²) >= 11 is 0. The Morgan fingerprint density at radius 3 is 1.96 bits per heavy atom. The van der Waals surface area contributed by atoms with Gasteiger partial charge in [0, 0.05) is 11.8 Å². The number of aryl methyl sites for hydroxylation is 1. The van der Waals surface area contributed by atoms with E-state index in [4.69, 9.17) is 18.9 Å². The first-order valence-electron chi connectivity index (χ1n) is 8.73. The molecule has 0 radical (unpaired) electrons. The van der Waals surface area contributed by atoms with Crippen LogP contribution in [0, 0.1) is 18.8 Å². The summed E-state index contributed by atoms with van der Waals surface area (Å²) in [6, 6.07) is 14.5. The Labute approximate surface area is 148 Å². The topological polar surface area (TPSA) is 36.9 Å². The van der Waals surface area contributed by atoms with Crippen LogP contribution in [0.15, 0.2) is 42.5 Å². The second kappa shape index (κ2) is 6.70. The zero-order chi connectivity index (χ0) is 17.4. The number of methoxy groups -OCH3 is 2. The Morgan fingerprint density at radius 1 is 0.800 bits per heavy atom. The molecule has 0 N–H and O–H groups in total. The first kappa shape index (κ1) is 16.4. The molecule has 0 aromatic heterocycles. The Morgan fingerprint density at radius 2 is 1.40 bits per heavy atom. The Kier molecular flexibility index (Phi) is 4.40. The first-order chi connectivity index (χ1) is 12.2. The molecule has 2 aliphatic rings. The lowest BCUT2D eigenvalue weighted by molar-refractivity contribution is 0.0192. The lowest BCUT2D eigenvalue weighted by Crippen LogP contribution is -2.14. The molecule has 0 spiro atoms. The van der Waals surface area contributed by atoms with Crippen molar-refractivity contribution in [2.75, 3.05) is 27.4 Å². The molecule has 25 heavy (non-hydrogen) atoms. The maximum Gasteiger partial charge on any atom is 0.121 e. The quantitative estimate of drug-likeness (QED) is 0.840. The molecule has 4 nitrogen and oxygen atoms in total. The maximum atomic E-state index is 6.19. The van der Waals surface area contributed by atoms with Crippen LogP contribution in [0.5, 0.6) is 11.5 Å². The monoisotopic (exact) mass is 340 g/mol. The van der Waals surface area contributed by atoms with Crippen molar-refractivity contribution in [2.24, 2.45) is 11.8 Å². The summed E-state index contributed by atoms with van der Waals surface area (Å²) in [6.45, 7) is 3.54. The molecule has 0 saturated carbocycles. The minimum absolute atomic E-state index is 0.0952. The van der Waals surface area contributed by atoms with Crippen LogP contribution in [0.1, 0.15) is 28.9 Å². The van der Waals surface area contributed by atoms with Crippen molar-refractivity contribution in [3.63, 3.8) is 0 Å². The fourth-order valence-electron chi connectivity index (χ4n) is 4.11. The molecule has 2 saturated heterocycles. The van der Waals surface area contributed by atoms with E-state index in [2.05, 4.69) is 31.2 Å². The highest BCUT2D eigenvalue weighted by molar-refractivity contribution is 5.38. The molecule has 0 bridgehead atoms. The third-order valence-electron chi connectivity index (χ3n) is 5.46. The van der Waals surface area contributed by atoms with Crippen LogP contribution < -0.4 is 9.47 Å². The van der Waals surface area contributed by atoms with E-state index in [1.165, 1.54) is 11.1 Å². The predicted octanol–water partition coefficient (Wildman–Crippen LogP) is 4.09. The zero-order valence-electron chi connectivity index (χ0n) is 14.9. The van der Waals surface area contributed by atoms with Crippen molar-refractivity contribution in [1.82, 2.24) is 0 Å². The zero-order valence-corrected chi connectivity index (χ0v) is 14.9. The summed E-state index contributed by atoms with van der Waals surface area (Å²) in [5, 5.41) is 0. The normalized spacial score (nSPS) is 28.0. The maximum absolute atomic E-state index is 6.19. The van der Waals surface area contributed by atoms with Crippen LogP contribution in [0.4, 0.5) is 0 Å². The molecule has 0 amide bonds. The summed E-state index contributed by atoms with van der Waals surface area (Å²) in [5.74, 6) is 2.56. The van der Waals surface area contributed by atoms with Crippen molar-refractivity contribution in [3.05, 3.63) is 59.2 Å². The number of fused-ring (bicyclic) bond motifs is 1. The van der Waals surface area contributed by atoms with Gasteiger partial charge < -0.3 is 18.9 Å². The Bertz CT molecular complexity index is 740. The van der Waals surface area contributed by atoms with Crippen LogP contribution in [-0.2, 0) is 9.47 Å². The molecule has 132 valence electrons. The van der Waals surface area contributed by atoms with Gasteiger partial charge in [0.05, 0.1) is 39.6 Å². The molecule has 2 aliphatic heterocycles. The van der Waals surface area contributed by atoms with E-state index < -0.39 is 0 Å². The molecule has 4 heteroatoms. The van der Waals surface area contributed by atoms with Crippen LogP contribution >= 0.6 is 0 Å². The van der Waals surface area contributed by atoms with E-state index in [1.54, 1.807) is 14.2 Å². The molecule has 2 aromatic rings. The molecule has 4 rings (SSSR count). The third kappa shape index (κ3) is 2.90. The number of hydrogen-bond donors (Lipinski definition) is 0. The van der Waals surface area contributed by atoms with Crippen LogP contribution in [0.3, 0.4) is 0 Å². The second-order valence-electron chi connectivity index (χ2n) is 6.84. The average molecular weight is 340 g/mol. The van der Waals surface area contributed by atoms with E-state index in [9.17, 15) is 0 Å². The second-order valence-corrected chi connectivity index (χ2v) is 6.84. The van der Waals surface area contributed by atoms with Crippen LogP contribution in [0.25, 0.3) is 0 Å². The predicted molar refractivity (Wildman–Crippen MR) is 95.1 cm³/mol. The fraction of sp³-hybridized carbons (Fsp3) is 0.429. The van der Waals surface area contributed by atoms with Crippen LogP contribution in [0.2, 0.25) is 0 Å². The largest absolute Gasteiger partial charge is 0.497 e. The van der Waals surface area contributed by atoms with Gasteiger partial charge in [-0.25, -0.2) is 0 Å². The highest BCUT2D eigenvalue weighted by Gasteiger charge is 2.48. The number of rotatable bonds is 4. The molecular weight excluding hydrogens is 316 g/mol. The fourth-order valence-corrected chi connectivity index (χ4v) is 4.11. The van der Waals surface area contributed by atoms with Crippen molar-refractivity contribution >= 4 is 0 Å². The van der Waals surface area contributed by atoms with Gasteiger partial charge in [0.1, 0.15) is 11.5 Å². The van der Waals surface area contributed by atoms with Gasteiger partial charge in [-0.15, -0.1) is 0 Å². The summed E-state index contributed by atoms with van der Waals surface area (Å²) in [4.78, 5) is 0. The van der Waals surface area contributed by atoms with Gasteiger partial charge in [-0.2, -0.15) is 0 Å². The number of benzene rings is 2. The van der Waals surface area contributed by atoms with Crippen molar-refractivity contribution in [2.45, 2.75) is 19.1 Å². The van der Waals surface area contributed by atoms with Gasteiger partial charge in [0.2, 0.25) is 0 Å². The smallest absolute Gasteiger partial charge is 0.121 e. The minimum Gasteiger partial charge on any atom is -0.497 e. The molecule has 0 aliphatic carbocycles. The van der Waals surface area contributed by atoms with E-state index >= 15 is 0 Å². The average Bonchev–Trinajstić information content (AvgIpc) is 3.24. The van der Waals surface area contributed by atoms with Gasteiger partial charge in [0.25, 0.3) is 0 Å². The van der Waals surface area contributed by atoms with E-state index in [0.717, 1.165) is 30.3 Å². The highest BCUT2D eigenvalue weighted by Crippen LogP contribution is 2.50. The molecule has 2 aromatic carbocycles. The Balaban J connectivity index is 1.54. The molecule has 2 fully saturated rings. The summed E-state index contributed by atoms with van der Waals surface area (Å²) in [7, 11) is 3.39. The number of ether oxygens (including phenoxy) is 4. The lowest BCUT2D eigenvalue weighted by atomic mass is 9.84. The van der Waals surface area contributed by atoms with Crippen LogP contribution in [-0.4, -0.2) is 27.4 Å². The Hall–Kier alpha value is -2.04. The van der Waals surface area contributed by atoms with Crippen molar-refractivity contribution in [1.29, 1.82) is 0 Å². The third-order valence-corrected chi connectivity index (χ3v) is 5.46. The SMILES string of the molecule is COc1ccc(C2OCC3C(c4ccc(OC)c(C)c4)OCC23)cc1. The highest BCUT2D eigenvalue weighted by atomic mass is 16.5. The standard InChI is InChI=1S/C21H24O4/c1-13-10-15(6-9-19(13)23-3)21-18-12-24-20(17(18)11-25-21)14-4-7-16(22-2)8-5-14/h4-10,17-18,20-21H,11-12H2,1-3H3. The molecular formula is C21H24O4. The summed E-state index contributed by atoms with van der Waals surface area (Å²) < 4.78 is 23.0. The van der Waals surface area contributed by atoms with Gasteiger partial charge in [-0.3, -0.25) is 0 Å². The summed E-state index contributed by atoms with van der Waals surface area (Å²) in [5.41, 5.74) is 3.55. The summed E-state index contributed by atoms with van der Waals surface area (Å²) in [6.07, 6.45) is 0.193. The van der Waals surface area contributed by atoms with Crippen molar-refractivity contribution in [3.8, 4) is 11.5 Å². The van der Waals surface area contributed by atoms with Gasteiger partial charge in [0.15, 0.2) is 0 Å². The van der Waals surface area contributed by atoms with Gasteiger partial charge in [-0.05, 0) is 47.9 Å². The van der Waals surface area contributed by atoms with E-state index in [-0.39, 0.29) is 12.2 Å². The first-order valence-corrected chi connectivity index (χ1v) is 8.73. The number of hydrogen-bond acceptors (Lipinski definition) is 4. The lowest BCUT2D eigenvalue weighted by Gasteiger charge is -2.18.